The first-order valence-corrected chi connectivity index (χ1v) is 8.95. The van der Waals surface area contributed by atoms with Crippen LogP contribution in [0.5, 0.6) is 0 Å². The maximum atomic E-state index is 11.8. The van der Waals surface area contributed by atoms with E-state index < -0.39 is 0 Å². The van der Waals surface area contributed by atoms with Crippen LogP contribution in [0.2, 0.25) is 0 Å². The van der Waals surface area contributed by atoms with Crippen molar-refractivity contribution >= 4 is 23.8 Å². The zero-order valence-electron chi connectivity index (χ0n) is 15.3. The third-order valence-electron chi connectivity index (χ3n) is 4.67. The van der Waals surface area contributed by atoms with Gasteiger partial charge < -0.3 is 24.3 Å². The number of carbonyl (C=O) groups is 2. The molecule has 1 aromatic rings. The van der Waals surface area contributed by atoms with Crippen molar-refractivity contribution in [3.05, 3.63) is 6.20 Å². The molecule has 0 unspecified atom stereocenters. The number of anilines is 2. The zero-order chi connectivity index (χ0) is 18.5. The first kappa shape index (κ1) is 18.2. The smallest absolute Gasteiger partial charge is 0.409 e. The van der Waals surface area contributed by atoms with Crippen LogP contribution in [-0.2, 0) is 9.53 Å². The van der Waals surface area contributed by atoms with E-state index in [1.807, 2.05) is 9.80 Å². The number of hydrogen-bond donors (Lipinski definition) is 0. The number of carbonyl (C=O) groups excluding carboxylic acids is 2. The van der Waals surface area contributed by atoms with Crippen molar-refractivity contribution in [1.82, 2.24) is 25.0 Å². The molecule has 0 N–H and O–H groups in total. The average molecular weight is 363 g/mol. The van der Waals surface area contributed by atoms with Crippen LogP contribution < -0.4 is 9.80 Å². The van der Waals surface area contributed by atoms with Crippen LogP contribution >= 0.6 is 0 Å². The highest BCUT2D eigenvalue weighted by molar-refractivity contribution is 5.73. The highest BCUT2D eigenvalue weighted by atomic mass is 16.6. The number of amides is 2. The first-order chi connectivity index (χ1) is 12.6. The van der Waals surface area contributed by atoms with Gasteiger partial charge in [-0.2, -0.15) is 10.1 Å². The summed E-state index contributed by atoms with van der Waals surface area (Å²) in [5.74, 6) is 1.43. The Hall–Kier alpha value is -2.65. The normalized spacial score (nSPS) is 18.1. The summed E-state index contributed by atoms with van der Waals surface area (Å²) < 4.78 is 5.04. The van der Waals surface area contributed by atoms with E-state index in [0.29, 0.717) is 64.9 Å². The monoisotopic (exact) mass is 363 g/mol. The van der Waals surface area contributed by atoms with Crippen molar-refractivity contribution in [2.45, 2.75) is 13.8 Å². The van der Waals surface area contributed by atoms with Gasteiger partial charge in [-0.3, -0.25) is 4.79 Å². The molecule has 10 nitrogen and oxygen atoms in total. The Morgan fingerprint density at radius 3 is 2.23 bits per heavy atom. The van der Waals surface area contributed by atoms with Crippen molar-refractivity contribution in [3.8, 4) is 0 Å². The Balaban J connectivity index is 1.58. The molecule has 10 heteroatoms. The van der Waals surface area contributed by atoms with E-state index in [0.717, 1.165) is 5.82 Å². The summed E-state index contributed by atoms with van der Waals surface area (Å²) in [4.78, 5) is 35.5. The number of ether oxygens (including phenoxy) is 1. The summed E-state index contributed by atoms with van der Waals surface area (Å²) in [6.45, 7) is 9.04. The number of piperazine rings is 2. The lowest BCUT2D eigenvalue weighted by Gasteiger charge is -2.36. The zero-order valence-corrected chi connectivity index (χ0v) is 15.3. The predicted molar refractivity (Wildman–Crippen MR) is 95.1 cm³/mol. The standard InChI is InChI=1S/C16H25N7O3/c1-3-26-16(25)23-10-6-21(7-11-23)14-12-17-19-15(18-14)22-8-4-20(5-9-22)13(2)24/h12H,3-11H2,1-2H3. The van der Waals surface area contributed by atoms with E-state index in [1.54, 1.807) is 24.9 Å². The SMILES string of the molecule is CCOC(=O)N1CCN(c2cnnc(N3CCN(C(C)=O)CC3)n2)CC1. The molecular weight excluding hydrogens is 338 g/mol. The molecule has 0 saturated carbocycles. The summed E-state index contributed by atoms with van der Waals surface area (Å²) in [7, 11) is 0. The fourth-order valence-electron chi connectivity index (χ4n) is 3.13. The maximum absolute atomic E-state index is 11.8. The van der Waals surface area contributed by atoms with Crippen LogP contribution in [0.1, 0.15) is 13.8 Å². The molecule has 2 aliphatic rings. The van der Waals surface area contributed by atoms with Gasteiger partial charge in [0.05, 0.1) is 12.8 Å². The minimum atomic E-state index is -0.267. The van der Waals surface area contributed by atoms with Gasteiger partial charge in [0.15, 0.2) is 5.82 Å². The van der Waals surface area contributed by atoms with Gasteiger partial charge in [-0.05, 0) is 6.92 Å². The quantitative estimate of drug-likeness (QED) is 0.730. The topological polar surface area (TPSA) is 95.0 Å². The molecule has 2 aliphatic heterocycles. The van der Waals surface area contributed by atoms with E-state index in [-0.39, 0.29) is 12.0 Å². The first-order valence-electron chi connectivity index (χ1n) is 8.95. The van der Waals surface area contributed by atoms with Crippen molar-refractivity contribution in [2.24, 2.45) is 0 Å². The molecule has 2 amide bonds. The van der Waals surface area contributed by atoms with Gasteiger partial charge in [-0.25, -0.2) is 4.79 Å². The van der Waals surface area contributed by atoms with Gasteiger partial charge in [0.1, 0.15) is 0 Å². The van der Waals surface area contributed by atoms with Crippen LogP contribution in [0.4, 0.5) is 16.6 Å². The highest BCUT2D eigenvalue weighted by Crippen LogP contribution is 2.17. The molecule has 0 spiro atoms. The van der Waals surface area contributed by atoms with Gasteiger partial charge >= 0.3 is 6.09 Å². The molecular formula is C16H25N7O3. The molecule has 0 bridgehead atoms. The Bertz CT molecular complexity index is 640. The molecule has 0 aromatic carbocycles. The van der Waals surface area contributed by atoms with Gasteiger partial charge in [-0.1, -0.05) is 0 Å². The summed E-state index contributed by atoms with van der Waals surface area (Å²) in [5.41, 5.74) is 0. The number of rotatable bonds is 3. The third kappa shape index (κ3) is 4.12. The lowest BCUT2D eigenvalue weighted by Crippen LogP contribution is -2.50. The molecule has 2 fully saturated rings. The summed E-state index contributed by atoms with van der Waals surface area (Å²) >= 11 is 0. The van der Waals surface area contributed by atoms with Crippen LogP contribution in [-0.4, -0.2) is 95.9 Å². The molecule has 0 radical (unpaired) electrons. The predicted octanol–water partition coefficient (Wildman–Crippen LogP) is -0.181. The van der Waals surface area contributed by atoms with E-state index in [1.165, 1.54) is 0 Å². The largest absolute Gasteiger partial charge is 0.450 e. The Labute approximate surface area is 152 Å². The van der Waals surface area contributed by atoms with Crippen molar-refractivity contribution in [3.63, 3.8) is 0 Å². The average Bonchev–Trinajstić information content (AvgIpc) is 2.68. The third-order valence-corrected chi connectivity index (χ3v) is 4.67. The van der Waals surface area contributed by atoms with Crippen LogP contribution in [0.3, 0.4) is 0 Å². The van der Waals surface area contributed by atoms with E-state index in [9.17, 15) is 9.59 Å². The summed E-state index contributed by atoms with van der Waals surface area (Å²) in [6.07, 6.45) is 1.38. The van der Waals surface area contributed by atoms with Gasteiger partial charge in [0.25, 0.3) is 0 Å². The fourth-order valence-corrected chi connectivity index (χ4v) is 3.13. The number of aromatic nitrogens is 3. The van der Waals surface area contributed by atoms with Gasteiger partial charge in [-0.15, -0.1) is 5.10 Å². The van der Waals surface area contributed by atoms with Gasteiger partial charge in [0, 0.05) is 59.3 Å². The van der Waals surface area contributed by atoms with Crippen molar-refractivity contribution in [1.29, 1.82) is 0 Å². The second-order valence-electron chi connectivity index (χ2n) is 6.28. The second-order valence-corrected chi connectivity index (χ2v) is 6.28. The van der Waals surface area contributed by atoms with E-state index >= 15 is 0 Å². The van der Waals surface area contributed by atoms with Crippen LogP contribution in [0.15, 0.2) is 6.20 Å². The molecule has 2 saturated heterocycles. The minimum Gasteiger partial charge on any atom is -0.450 e. The van der Waals surface area contributed by atoms with Crippen LogP contribution in [0.25, 0.3) is 0 Å². The van der Waals surface area contributed by atoms with Crippen molar-refractivity contribution < 1.29 is 14.3 Å². The molecule has 26 heavy (non-hydrogen) atoms. The highest BCUT2D eigenvalue weighted by Gasteiger charge is 2.25. The molecule has 1 aromatic heterocycles. The Morgan fingerprint density at radius 1 is 1.00 bits per heavy atom. The molecule has 3 rings (SSSR count). The van der Waals surface area contributed by atoms with Crippen molar-refractivity contribution in [2.75, 3.05) is 68.8 Å². The number of nitrogens with zero attached hydrogens (tertiary/aromatic N) is 7. The Morgan fingerprint density at radius 2 is 1.62 bits per heavy atom. The maximum Gasteiger partial charge on any atom is 0.409 e. The van der Waals surface area contributed by atoms with E-state index in [2.05, 4.69) is 20.1 Å². The number of hydrogen-bond acceptors (Lipinski definition) is 8. The van der Waals surface area contributed by atoms with Crippen LogP contribution in [0, 0.1) is 0 Å². The van der Waals surface area contributed by atoms with E-state index in [4.69, 9.17) is 4.74 Å². The fraction of sp³-hybridized carbons (Fsp3) is 0.688. The molecule has 3 heterocycles. The second kappa shape index (κ2) is 8.15. The lowest BCUT2D eigenvalue weighted by atomic mass is 10.3. The van der Waals surface area contributed by atoms with Gasteiger partial charge in [0.2, 0.25) is 11.9 Å². The summed E-state index contributed by atoms with van der Waals surface area (Å²) in [5, 5.41) is 8.24. The molecule has 0 aliphatic carbocycles. The Kier molecular flexibility index (Phi) is 5.69. The molecule has 0 atom stereocenters. The summed E-state index contributed by atoms with van der Waals surface area (Å²) in [6, 6.07) is 0. The lowest BCUT2D eigenvalue weighted by molar-refractivity contribution is -0.129. The molecule has 142 valence electrons. The minimum absolute atomic E-state index is 0.0944.